The summed E-state index contributed by atoms with van der Waals surface area (Å²) in [6.45, 7) is 7.53. The number of nitrogens with one attached hydrogen (secondary N) is 2. The minimum absolute atomic E-state index is 0.0511. The lowest BCUT2D eigenvalue weighted by Crippen LogP contribution is -2.51. The largest absolute Gasteiger partial charge is 0.371 e. The zero-order valence-corrected chi connectivity index (χ0v) is 13.0. The van der Waals surface area contributed by atoms with E-state index < -0.39 is 0 Å². The average molecular weight is 295 g/mol. The molecule has 2 heterocycles. The topological polar surface area (TPSA) is 78.2 Å². The van der Waals surface area contributed by atoms with Crippen LogP contribution in [0.1, 0.15) is 50.5 Å². The summed E-state index contributed by atoms with van der Waals surface area (Å²) >= 11 is 0. The molecule has 0 aromatic carbocycles. The Morgan fingerprint density at radius 1 is 1.48 bits per heavy atom. The molecule has 1 amide bonds. The molecule has 0 spiro atoms. The first-order chi connectivity index (χ1) is 10.0. The summed E-state index contributed by atoms with van der Waals surface area (Å²) < 4.78 is 6.10. The number of hydrogen-bond acceptors (Lipinski definition) is 3. The maximum absolute atomic E-state index is 12.5. The van der Waals surface area contributed by atoms with E-state index in [9.17, 15) is 9.59 Å². The number of rotatable bonds is 5. The van der Waals surface area contributed by atoms with E-state index in [1.54, 1.807) is 4.90 Å². The van der Waals surface area contributed by atoms with Crippen molar-refractivity contribution in [2.75, 3.05) is 13.1 Å². The third kappa shape index (κ3) is 3.97. The molecule has 1 fully saturated rings. The van der Waals surface area contributed by atoms with Gasteiger partial charge >= 0.3 is 5.69 Å². The molecule has 0 bridgehead atoms. The van der Waals surface area contributed by atoms with Gasteiger partial charge in [-0.05, 0) is 12.3 Å². The quantitative estimate of drug-likeness (QED) is 0.869. The number of aromatic amines is 2. The van der Waals surface area contributed by atoms with Crippen molar-refractivity contribution in [3.63, 3.8) is 0 Å². The number of ether oxygens (including phenoxy) is 1. The van der Waals surface area contributed by atoms with Crippen LogP contribution in [-0.4, -0.2) is 46.1 Å². The zero-order valence-electron chi connectivity index (χ0n) is 13.0. The molecule has 6 nitrogen and oxygen atoms in total. The molecular weight excluding hydrogens is 270 g/mol. The molecule has 0 aliphatic carbocycles. The van der Waals surface area contributed by atoms with E-state index >= 15 is 0 Å². The van der Waals surface area contributed by atoms with Crippen LogP contribution in [0.5, 0.6) is 0 Å². The molecule has 0 radical (unpaired) electrons. The average Bonchev–Trinajstić information content (AvgIpc) is 2.90. The lowest BCUT2D eigenvalue weighted by molar-refractivity contribution is -0.0963. The Morgan fingerprint density at radius 2 is 2.24 bits per heavy atom. The second-order valence-electron chi connectivity index (χ2n) is 6.05. The van der Waals surface area contributed by atoms with Crippen molar-refractivity contribution in [1.82, 2.24) is 14.9 Å². The number of morpholine rings is 1. The van der Waals surface area contributed by atoms with Crippen LogP contribution < -0.4 is 5.69 Å². The zero-order chi connectivity index (χ0) is 15.4. The Hall–Kier alpha value is -1.56. The molecule has 1 aromatic rings. The van der Waals surface area contributed by atoms with Crippen molar-refractivity contribution in [2.45, 2.75) is 52.2 Å². The molecule has 6 heteroatoms. The summed E-state index contributed by atoms with van der Waals surface area (Å²) in [5.41, 5.74) is -0.0341. The summed E-state index contributed by atoms with van der Waals surface area (Å²) in [5.74, 6) is 0.221. The lowest BCUT2D eigenvalue weighted by Gasteiger charge is -2.39. The van der Waals surface area contributed by atoms with E-state index in [2.05, 4.69) is 30.7 Å². The molecule has 2 rings (SSSR count). The van der Waals surface area contributed by atoms with E-state index in [1.807, 2.05) is 0 Å². The number of unbranched alkanes of at least 4 members (excludes halogenated alkanes) is 1. The van der Waals surface area contributed by atoms with Crippen LogP contribution in [-0.2, 0) is 4.74 Å². The highest BCUT2D eigenvalue weighted by molar-refractivity contribution is 5.92. The lowest BCUT2D eigenvalue weighted by atomic mass is 10.0. The highest BCUT2D eigenvalue weighted by atomic mass is 16.5. The number of hydrogen-bond donors (Lipinski definition) is 2. The van der Waals surface area contributed by atoms with Crippen molar-refractivity contribution in [2.24, 2.45) is 5.92 Å². The molecule has 1 aliphatic rings. The minimum atomic E-state index is -0.352. The van der Waals surface area contributed by atoms with Gasteiger partial charge in [0, 0.05) is 19.3 Å². The fraction of sp³-hybridized carbons (Fsp3) is 0.733. The predicted octanol–water partition coefficient (Wildman–Crippen LogP) is 1.76. The minimum Gasteiger partial charge on any atom is -0.371 e. The second-order valence-corrected chi connectivity index (χ2v) is 6.05. The van der Waals surface area contributed by atoms with Crippen LogP contribution in [0, 0.1) is 5.92 Å². The molecule has 21 heavy (non-hydrogen) atoms. The van der Waals surface area contributed by atoms with Gasteiger partial charge in [0.15, 0.2) is 0 Å². The monoisotopic (exact) mass is 295 g/mol. The number of nitrogens with zero attached hydrogens (tertiary/aromatic N) is 1. The smallest absolute Gasteiger partial charge is 0.323 e. The van der Waals surface area contributed by atoms with Crippen LogP contribution in [0.25, 0.3) is 0 Å². The van der Waals surface area contributed by atoms with Crippen LogP contribution >= 0.6 is 0 Å². The number of carbonyl (C=O) groups excluding carboxylic acids is 1. The van der Waals surface area contributed by atoms with Crippen LogP contribution in [0.2, 0.25) is 0 Å². The van der Waals surface area contributed by atoms with Crippen molar-refractivity contribution in [3.05, 3.63) is 22.4 Å². The first-order valence-electron chi connectivity index (χ1n) is 7.73. The van der Waals surface area contributed by atoms with Gasteiger partial charge in [-0.1, -0.05) is 33.6 Å². The molecule has 1 aromatic heterocycles. The van der Waals surface area contributed by atoms with E-state index in [0.717, 1.165) is 19.3 Å². The van der Waals surface area contributed by atoms with E-state index in [-0.39, 0.29) is 23.8 Å². The molecule has 0 saturated carbocycles. The third-order valence-electron chi connectivity index (χ3n) is 3.93. The van der Waals surface area contributed by atoms with Crippen molar-refractivity contribution in [1.29, 1.82) is 0 Å². The van der Waals surface area contributed by atoms with E-state index in [4.69, 9.17) is 4.74 Å². The standard InChI is InChI=1S/C15H25N3O3/c1-4-5-6-11-8-18(9-13(21-11)10(2)3)14(19)12-7-16-15(20)17-12/h7,10-11,13H,4-6,8-9H2,1-3H3,(H2,16,17,20)/t11-,13-/m1/s1. The summed E-state index contributed by atoms with van der Waals surface area (Å²) in [5, 5.41) is 0. The number of aromatic nitrogens is 2. The van der Waals surface area contributed by atoms with Crippen LogP contribution in [0.15, 0.2) is 11.0 Å². The summed E-state index contributed by atoms with van der Waals surface area (Å²) in [4.78, 5) is 30.4. The predicted molar refractivity (Wildman–Crippen MR) is 80.3 cm³/mol. The van der Waals surface area contributed by atoms with Gasteiger partial charge in [0.25, 0.3) is 5.91 Å². The third-order valence-corrected chi connectivity index (χ3v) is 3.93. The molecule has 2 N–H and O–H groups in total. The van der Waals surface area contributed by atoms with Gasteiger partial charge in [-0.25, -0.2) is 4.79 Å². The van der Waals surface area contributed by atoms with Gasteiger partial charge in [0.2, 0.25) is 0 Å². The van der Waals surface area contributed by atoms with E-state index in [1.165, 1.54) is 6.20 Å². The highest BCUT2D eigenvalue weighted by Gasteiger charge is 2.32. The van der Waals surface area contributed by atoms with Crippen LogP contribution in [0.3, 0.4) is 0 Å². The van der Waals surface area contributed by atoms with Gasteiger partial charge in [-0.15, -0.1) is 0 Å². The maximum atomic E-state index is 12.5. The van der Waals surface area contributed by atoms with Gasteiger partial charge in [-0.2, -0.15) is 0 Å². The Balaban J connectivity index is 2.09. The molecule has 1 aliphatic heterocycles. The number of imidazole rings is 1. The highest BCUT2D eigenvalue weighted by Crippen LogP contribution is 2.21. The van der Waals surface area contributed by atoms with E-state index in [0.29, 0.717) is 24.7 Å². The Morgan fingerprint density at radius 3 is 2.81 bits per heavy atom. The number of amides is 1. The molecular formula is C15H25N3O3. The molecule has 1 saturated heterocycles. The Bertz CT molecular complexity index is 520. The summed E-state index contributed by atoms with van der Waals surface area (Å²) in [6.07, 6.45) is 4.75. The molecule has 0 unspecified atom stereocenters. The van der Waals surface area contributed by atoms with Crippen molar-refractivity contribution >= 4 is 5.91 Å². The summed E-state index contributed by atoms with van der Waals surface area (Å²) in [7, 11) is 0. The summed E-state index contributed by atoms with van der Waals surface area (Å²) in [6, 6.07) is 0. The maximum Gasteiger partial charge on any atom is 0.323 e. The van der Waals surface area contributed by atoms with Crippen molar-refractivity contribution in [3.8, 4) is 0 Å². The molecule has 118 valence electrons. The van der Waals surface area contributed by atoms with Gasteiger partial charge < -0.3 is 19.6 Å². The number of carbonyl (C=O) groups is 1. The first-order valence-corrected chi connectivity index (χ1v) is 7.73. The van der Waals surface area contributed by atoms with Gasteiger partial charge in [-0.3, -0.25) is 4.79 Å². The normalized spacial score (nSPS) is 22.8. The Labute approximate surface area is 124 Å². The number of H-pyrrole nitrogens is 2. The molecule has 2 atom stereocenters. The SMILES string of the molecule is CCCC[C@@H]1CN(C(=O)c2c[nH]c(=O)[nH]2)C[C@H](C(C)C)O1. The first kappa shape index (κ1) is 15.8. The van der Waals surface area contributed by atoms with Crippen molar-refractivity contribution < 1.29 is 9.53 Å². The second kappa shape index (κ2) is 6.93. The fourth-order valence-electron chi connectivity index (χ4n) is 2.61. The van der Waals surface area contributed by atoms with Gasteiger partial charge in [0.05, 0.1) is 12.2 Å². The Kier molecular flexibility index (Phi) is 5.22. The van der Waals surface area contributed by atoms with Crippen LogP contribution in [0.4, 0.5) is 0 Å². The fourth-order valence-corrected chi connectivity index (χ4v) is 2.61. The van der Waals surface area contributed by atoms with Gasteiger partial charge in [0.1, 0.15) is 5.69 Å².